The Bertz CT molecular complexity index is 1730. The van der Waals surface area contributed by atoms with E-state index in [1.807, 2.05) is 47.4 Å². The molecule has 4 aromatic rings. The Kier molecular flexibility index (Phi) is 6.92. The van der Waals surface area contributed by atoms with Gasteiger partial charge < -0.3 is 20.2 Å². The number of benzene rings is 2. The Morgan fingerprint density at radius 3 is 2.22 bits per heavy atom. The smallest absolute Gasteiger partial charge is 0.271 e. The highest BCUT2D eigenvalue weighted by Gasteiger charge is 2.50. The van der Waals surface area contributed by atoms with Crippen molar-refractivity contribution in [2.75, 3.05) is 37.6 Å². The van der Waals surface area contributed by atoms with Crippen LogP contribution in [0, 0.1) is 23.2 Å². The molecule has 2 aromatic heterocycles. The highest BCUT2D eigenvalue weighted by Crippen LogP contribution is 2.59. The first-order chi connectivity index (χ1) is 21.9. The van der Waals surface area contributed by atoms with E-state index in [-0.39, 0.29) is 23.0 Å². The van der Waals surface area contributed by atoms with Gasteiger partial charge in [-0.15, -0.1) is 10.2 Å². The van der Waals surface area contributed by atoms with Crippen LogP contribution in [0.25, 0.3) is 21.9 Å². The molecule has 5 fully saturated rings. The lowest BCUT2D eigenvalue weighted by atomic mass is 9.49. The Morgan fingerprint density at radius 1 is 0.844 bits per heavy atom. The van der Waals surface area contributed by atoms with Crippen LogP contribution in [0.5, 0.6) is 5.75 Å². The molecule has 9 heteroatoms. The van der Waals surface area contributed by atoms with Gasteiger partial charge in [0.2, 0.25) is 0 Å². The molecule has 1 aliphatic heterocycles. The molecule has 0 radical (unpaired) electrons. The summed E-state index contributed by atoms with van der Waals surface area (Å²) < 4.78 is 0. The quantitative estimate of drug-likeness (QED) is 0.308. The largest absolute Gasteiger partial charge is 0.506 e. The molecule has 1 saturated heterocycles. The molecule has 4 saturated carbocycles. The molecule has 2 amide bonds. The fourth-order valence-electron chi connectivity index (χ4n) is 9.10. The van der Waals surface area contributed by atoms with Crippen molar-refractivity contribution in [3.05, 3.63) is 78.2 Å². The van der Waals surface area contributed by atoms with Crippen LogP contribution in [0.1, 0.15) is 59.4 Å². The standard InChI is InChI=1S/C36H38N6O3/c43-27-16-26(20-37-21-27)28-5-6-31(30-4-2-1-3-29(28)30)35(45)42-11-9-41(10-12-42)33-8-7-32(39-40-33)34(44)38-22-36-17-23-13-24(18-36)15-25(14-23)19-36/h1-8,16,20-21,23-25,43H,9-15,17-19,22H2,(H,38,44). The number of piperazine rings is 1. The van der Waals surface area contributed by atoms with E-state index in [1.165, 1.54) is 44.7 Å². The molecule has 3 heterocycles. The van der Waals surface area contributed by atoms with E-state index >= 15 is 0 Å². The van der Waals surface area contributed by atoms with Gasteiger partial charge in [-0.25, -0.2) is 0 Å². The predicted octanol–water partition coefficient (Wildman–Crippen LogP) is 5.31. The number of hydrogen-bond acceptors (Lipinski definition) is 7. The van der Waals surface area contributed by atoms with Gasteiger partial charge in [-0.1, -0.05) is 30.3 Å². The van der Waals surface area contributed by atoms with Crippen LogP contribution < -0.4 is 10.2 Å². The minimum absolute atomic E-state index is 0.0106. The summed E-state index contributed by atoms with van der Waals surface area (Å²) in [6, 6.07) is 17.0. The van der Waals surface area contributed by atoms with E-state index in [0.717, 1.165) is 46.2 Å². The summed E-state index contributed by atoms with van der Waals surface area (Å²) in [7, 11) is 0. The average Bonchev–Trinajstić information content (AvgIpc) is 3.06. The molecule has 45 heavy (non-hydrogen) atoms. The number of hydrogen-bond donors (Lipinski definition) is 2. The maximum Gasteiger partial charge on any atom is 0.271 e. The van der Waals surface area contributed by atoms with Gasteiger partial charge in [-0.3, -0.25) is 14.6 Å². The van der Waals surface area contributed by atoms with Gasteiger partial charge in [-0.2, -0.15) is 0 Å². The zero-order valence-corrected chi connectivity index (χ0v) is 25.4. The summed E-state index contributed by atoms with van der Waals surface area (Å²) >= 11 is 0. The molecule has 4 bridgehead atoms. The molecule has 5 aliphatic rings. The fraction of sp³-hybridized carbons (Fsp3) is 0.417. The number of carbonyl (C=O) groups excluding carboxylic acids is 2. The van der Waals surface area contributed by atoms with Crippen molar-refractivity contribution in [1.82, 2.24) is 25.4 Å². The van der Waals surface area contributed by atoms with Crippen molar-refractivity contribution in [2.24, 2.45) is 23.2 Å². The van der Waals surface area contributed by atoms with E-state index in [0.29, 0.717) is 43.3 Å². The Hall–Kier alpha value is -4.53. The zero-order valence-electron chi connectivity index (χ0n) is 25.4. The SMILES string of the molecule is O=C(NCC12CC3CC(CC(C3)C1)C2)c1ccc(N2CCN(C(=O)c3ccc(-c4cncc(O)c4)c4ccccc34)CC2)nn1. The number of aromatic hydroxyl groups is 1. The second-order valence-electron chi connectivity index (χ2n) is 13.8. The molecule has 4 aliphatic carbocycles. The number of nitrogens with one attached hydrogen (secondary N) is 1. The van der Waals surface area contributed by atoms with Gasteiger partial charge in [0.15, 0.2) is 11.5 Å². The molecule has 2 N–H and O–H groups in total. The topological polar surface area (TPSA) is 112 Å². The normalized spacial score (nSPS) is 25.5. The van der Waals surface area contributed by atoms with Crippen LogP contribution in [0.4, 0.5) is 5.82 Å². The Balaban J connectivity index is 0.900. The maximum atomic E-state index is 13.7. The van der Waals surface area contributed by atoms with Crippen LogP contribution in [0.2, 0.25) is 0 Å². The minimum Gasteiger partial charge on any atom is -0.506 e. The van der Waals surface area contributed by atoms with E-state index < -0.39 is 0 Å². The molecule has 2 aromatic carbocycles. The third-order valence-electron chi connectivity index (χ3n) is 10.8. The van der Waals surface area contributed by atoms with Crippen LogP contribution in [0.15, 0.2) is 67.0 Å². The van der Waals surface area contributed by atoms with Crippen LogP contribution in [0.3, 0.4) is 0 Å². The summed E-state index contributed by atoms with van der Waals surface area (Å²) in [5.41, 5.74) is 3.01. The number of pyridine rings is 1. The van der Waals surface area contributed by atoms with Crippen molar-refractivity contribution < 1.29 is 14.7 Å². The third-order valence-corrected chi connectivity index (χ3v) is 10.8. The maximum absolute atomic E-state index is 13.7. The number of aromatic nitrogens is 3. The third kappa shape index (κ3) is 5.28. The Morgan fingerprint density at radius 2 is 1.56 bits per heavy atom. The molecule has 230 valence electrons. The highest BCUT2D eigenvalue weighted by molar-refractivity contribution is 6.11. The van der Waals surface area contributed by atoms with Crippen LogP contribution >= 0.6 is 0 Å². The molecule has 0 spiro atoms. The van der Waals surface area contributed by atoms with Crippen molar-refractivity contribution in [1.29, 1.82) is 0 Å². The number of fused-ring (bicyclic) bond motifs is 1. The molecule has 0 atom stereocenters. The number of carbonyl (C=O) groups is 2. The lowest BCUT2D eigenvalue weighted by molar-refractivity contribution is -0.0503. The van der Waals surface area contributed by atoms with Gasteiger partial charge >= 0.3 is 0 Å². The molecular weight excluding hydrogens is 564 g/mol. The highest BCUT2D eigenvalue weighted by atomic mass is 16.3. The van der Waals surface area contributed by atoms with Gasteiger partial charge in [0, 0.05) is 50.0 Å². The van der Waals surface area contributed by atoms with E-state index in [9.17, 15) is 14.7 Å². The van der Waals surface area contributed by atoms with Crippen molar-refractivity contribution in [3.8, 4) is 16.9 Å². The van der Waals surface area contributed by atoms with Crippen LogP contribution in [-0.2, 0) is 0 Å². The van der Waals surface area contributed by atoms with E-state index in [1.54, 1.807) is 18.3 Å². The van der Waals surface area contributed by atoms with Crippen molar-refractivity contribution in [3.63, 3.8) is 0 Å². The fourth-order valence-corrected chi connectivity index (χ4v) is 9.10. The van der Waals surface area contributed by atoms with E-state index in [4.69, 9.17) is 0 Å². The zero-order chi connectivity index (χ0) is 30.5. The number of anilines is 1. The second-order valence-corrected chi connectivity index (χ2v) is 13.8. The first kappa shape index (κ1) is 28.0. The first-order valence-corrected chi connectivity index (χ1v) is 16.3. The number of rotatable bonds is 6. The van der Waals surface area contributed by atoms with Crippen molar-refractivity contribution >= 4 is 28.4 Å². The Labute approximate surface area is 262 Å². The van der Waals surface area contributed by atoms with Gasteiger partial charge in [0.25, 0.3) is 11.8 Å². The predicted molar refractivity (Wildman–Crippen MR) is 172 cm³/mol. The van der Waals surface area contributed by atoms with Gasteiger partial charge in [0.05, 0.1) is 6.20 Å². The molecule has 0 unspecified atom stereocenters. The molecule has 9 rings (SSSR count). The lowest BCUT2D eigenvalue weighted by Crippen LogP contribution is -2.51. The first-order valence-electron chi connectivity index (χ1n) is 16.3. The summed E-state index contributed by atoms with van der Waals surface area (Å²) in [5, 5.41) is 23.6. The minimum atomic E-state index is -0.140. The summed E-state index contributed by atoms with van der Waals surface area (Å²) in [5.74, 6) is 3.24. The van der Waals surface area contributed by atoms with Gasteiger partial charge in [0.1, 0.15) is 5.75 Å². The number of amides is 2. The summed E-state index contributed by atoms with van der Waals surface area (Å²) in [6.45, 7) is 3.12. The average molecular weight is 603 g/mol. The lowest BCUT2D eigenvalue weighted by Gasteiger charge is -2.56. The van der Waals surface area contributed by atoms with Crippen molar-refractivity contribution in [2.45, 2.75) is 38.5 Å². The monoisotopic (exact) mass is 602 g/mol. The van der Waals surface area contributed by atoms with Crippen LogP contribution in [-0.4, -0.2) is 69.7 Å². The number of nitrogens with zero attached hydrogens (tertiary/aromatic N) is 5. The molecular formula is C36H38N6O3. The van der Waals surface area contributed by atoms with Gasteiger partial charge in [-0.05, 0) is 102 Å². The second kappa shape index (κ2) is 11.1. The molecule has 9 nitrogen and oxygen atoms in total. The summed E-state index contributed by atoms with van der Waals surface area (Å²) in [6.07, 6.45) is 11.1. The van der Waals surface area contributed by atoms with E-state index in [2.05, 4.69) is 25.4 Å². The summed E-state index contributed by atoms with van der Waals surface area (Å²) in [4.78, 5) is 34.8.